The van der Waals surface area contributed by atoms with Crippen LogP contribution in [0, 0.1) is 12.8 Å². The summed E-state index contributed by atoms with van der Waals surface area (Å²) in [6.45, 7) is 4.04. The Morgan fingerprint density at radius 1 is 1.35 bits per heavy atom. The van der Waals surface area contributed by atoms with E-state index in [1.165, 1.54) is 0 Å². The van der Waals surface area contributed by atoms with E-state index >= 15 is 0 Å². The Morgan fingerprint density at radius 3 is 2.83 bits per heavy atom. The molecule has 3 heterocycles. The average molecular weight is 329 g/mol. The summed E-state index contributed by atoms with van der Waals surface area (Å²) in [6, 6.07) is 4.09. The number of hydrogen-bond donors (Lipinski definition) is 3. The van der Waals surface area contributed by atoms with E-state index in [1.54, 1.807) is 42.1 Å². The quantitative estimate of drug-likeness (QED) is 0.745. The second-order valence-corrected chi connectivity index (χ2v) is 6.77. The molecule has 2 aromatic heterocycles. The molecule has 3 rings (SSSR count). The van der Waals surface area contributed by atoms with Gasteiger partial charge in [0, 0.05) is 35.5 Å². The summed E-state index contributed by atoms with van der Waals surface area (Å²) in [4.78, 5) is 21.2. The van der Waals surface area contributed by atoms with Crippen LogP contribution in [0.25, 0.3) is 6.08 Å². The molecule has 1 aliphatic heterocycles. The zero-order valence-corrected chi connectivity index (χ0v) is 13.8. The predicted molar refractivity (Wildman–Crippen MR) is 90.2 cm³/mol. The molecular formula is C16H19N5OS. The van der Waals surface area contributed by atoms with Gasteiger partial charge >= 0.3 is 0 Å². The minimum atomic E-state index is -0.131. The highest BCUT2D eigenvalue weighted by Crippen LogP contribution is 2.26. The maximum absolute atomic E-state index is 12.1. The topological polar surface area (TPSA) is 78.9 Å². The summed E-state index contributed by atoms with van der Waals surface area (Å²) in [5.41, 5.74) is 7.52. The average Bonchev–Trinajstić information content (AvgIpc) is 3.13. The number of thiazole rings is 1. The molecule has 0 aliphatic carbocycles. The second-order valence-electron chi connectivity index (χ2n) is 5.51. The molecule has 3 unspecified atom stereocenters. The van der Waals surface area contributed by atoms with Crippen molar-refractivity contribution in [2.75, 3.05) is 0 Å². The van der Waals surface area contributed by atoms with Gasteiger partial charge in [-0.25, -0.2) is 15.8 Å². The molecule has 2 aromatic rings. The third kappa shape index (κ3) is 3.82. The highest BCUT2D eigenvalue weighted by atomic mass is 32.1. The standard InChI is InChI=1S/C16H19N5OS/c1-10-15(12-5-7-17-8-6-12)20-21-16(10)19-14(22)4-3-13-9-18-11(2)23-13/h3-10,15-16,20-21H,1-2H3,(H,19,22)/b4-3+. The van der Waals surface area contributed by atoms with Gasteiger partial charge in [-0.15, -0.1) is 11.3 Å². The molecule has 1 amide bonds. The largest absolute Gasteiger partial charge is 0.336 e. The van der Waals surface area contributed by atoms with Crippen molar-refractivity contribution in [2.24, 2.45) is 5.92 Å². The molecule has 0 spiro atoms. The summed E-state index contributed by atoms with van der Waals surface area (Å²) >= 11 is 1.56. The van der Waals surface area contributed by atoms with Crippen molar-refractivity contribution in [2.45, 2.75) is 26.1 Å². The van der Waals surface area contributed by atoms with Crippen molar-refractivity contribution in [1.82, 2.24) is 26.1 Å². The van der Waals surface area contributed by atoms with Crippen molar-refractivity contribution in [3.05, 3.63) is 52.2 Å². The SMILES string of the molecule is Cc1ncc(/C=C/C(=O)NC2NNC(c3ccncc3)C2C)s1. The van der Waals surface area contributed by atoms with Crippen LogP contribution in [0.1, 0.15) is 28.4 Å². The van der Waals surface area contributed by atoms with Gasteiger partial charge in [-0.3, -0.25) is 9.78 Å². The van der Waals surface area contributed by atoms with Gasteiger partial charge in [0.25, 0.3) is 0 Å². The lowest BCUT2D eigenvalue weighted by molar-refractivity contribution is -0.117. The lowest BCUT2D eigenvalue weighted by Gasteiger charge is -2.19. The zero-order chi connectivity index (χ0) is 16.2. The maximum Gasteiger partial charge on any atom is 0.245 e. The van der Waals surface area contributed by atoms with Crippen LogP contribution in [0.2, 0.25) is 0 Å². The Bertz CT molecular complexity index is 700. The van der Waals surface area contributed by atoms with E-state index < -0.39 is 0 Å². The monoisotopic (exact) mass is 329 g/mol. The summed E-state index contributed by atoms with van der Waals surface area (Å²) in [7, 11) is 0. The molecule has 0 radical (unpaired) electrons. The van der Waals surface area contributed by atoms with Gasteiger partial charge < -0.3 is 5.32 Å². The van der Waals surface area contributed by atoms with Gasteiger partial charge in [0.05, 0.1) is 17.2 Å². The molecular weight excluding hydrogens is 310 g/mol. The van der Waals surface area contributed by atoms with E-state index in [0.29, 0.717) is 0 Å². The van der Waals surface area contributed by atoms with Crippen molar-refractivity contribution < 1.29 is 4.79 Å². The number of amides is 1. The maximum atomic E-state index is 12.1. The number of aryl methyl sites for hydroxylation is 1. The van der Waals surface area contributed by atoms with E-state index in [9.17, 15) is 4.79 Å². The molecule has 1 aliphatic rings. The number of hydrogen-bond acceptors (Lipinski definition) is 6. The number of pyridine rings is 1. The van der Waals surface area contributed by atoms with Crippen molar-refractivity contribution >= 4 is 23.3 Å². The van der Waals surface area contributed by atoms with Crippen LogP contribution < -0.4 is 16.2 Å². The van der Waals surface area contributed by atoms with E-state index in [2.05, 4.69) is 33.1 Å². The number of aromatic nitrogens is 2. The number of nitrogens with one attached hydrogen (secondary N) is 3. The summed E-state index contributed by atoms with van der Waals surface area (Å²) < 4.78 is 0. The Hall–Kier alpha value is -2.09. The fourth-order valence-corrected chi connectivity index (χ4v) is 3.26. The zero-order valence-electron chi connectivity index (χ0n) is 13.0. The van der Waals surface area contributed by atoms with Gasteiger partial charge in [0.2, 0.25) is 5.91 Å². The molecule has 3 N–H and O–H groups in total. The van der Waals surface area contributed by atoms with Crippen LogP contribution in [0.5, 0.6) is 0 Å². The van der Waals surface area contributed by atoms with Crippen molar-refractivity contribution in [1.29, 1.82) is 0 Å². The lowest BCUT2D eigenvalue weighted by atomic mass is 9.95. The van der Waals surface area contributed by atoms with Crippen LogP contribution in [-0.4, -0.2) is 22.0 Å². The lowest BCUT2D eigenvalue weighted by Crippen LogP contribution is -2.45. The van der Waals surface area contributed by atoms with Gasteiger partial charge in [0.15, 0.2) is 0 Å². The molecule has 7 heteroatoms. The minimum Gasteiger partial charge on any atom is -0.336 e. The van der Waals surface area contributed by atoms with Crippen LogP contribution >= 0.6 is 11.3 Å². The minimum absolute atomic E-state index is 0.127. The molecule has 0 aromatic carbocycles. The fourth-order valence-electron chi connectivity index (χ4n) is 2.57. The third-order valence-electron chi connectivity index (χ3n) is 3.85. The first-order chi connectivity index (χ1) is 11.1. The highest BCUT2D eigenvalue weighted by Gasteiger charge is 2.33. The summed E-state index contributed by atoms with van der Waals surface area (Å²) in [5.74, 6) is 0.0815. The first-order valence-corrected chi connectivity index (χ1v) is 8.27. The van der Waals surface area contributed by atoms with E-state index in [4.69, 9.17) is 0 Å². The molecule has 1 fully saturated rings. The third-order valence-corrected chi connectivity index (χ3v) is 4.73. The second kappa shape index (κ2) is 6.99. The number of hydrazine groups is 1. The van der Waals surface area contributed by atoms with E-state index in [-0.39, 0.29) is 24.0 Å². The first kappa shape index (κ1) is 15.8. The van der Waals surface area contributed by atoms with Gasteiger partial charge in [0.1, 0.15) is 0 Å². The highest BCUT2D eigenvalue weighted by molar-refractivity contribution is 7.12. The van der Waals surface area contributed by atoms with Gasteiger partial charge in [-0.05, 0) is 30.7 Å². The first-order valence-electron chi connectivity index (χ1n) is 7.45. The molecule has 120 valence electrons. The Labute approximate surface area is 139 Å². The van der Waals surface area contributed by atoms with Gasteiger partial charge in [-0.1, -0.05) is 6.92 Å². The molecule has 23 heavy (non-hydrogen) atoms. The molecule has 3 atom stereocenters. The smallest absolute Gasteiger partial charge is 0.245 e. The van der Waals surface area contributed by atoms with Crippen molar-refractivity contribution in [3.63, 3.8) is 0 Å². The Balaban J connectivity index is 1.58. The normalized spacial score (nSPS) is 24.2. The van der Waals surface area contributed by atoms with Crippen LogP contribution in [0.3, 0.4) is 0 Å². The predicted octanol–water partition coefficient (Wildman–Crippen LogP) is 1.79. The molecule has 6 nitrogen and oxygen atoms in total. The van der Waals surface area contributed by atoms with E-state index in [0.717, 1.165) is 15.4 Å². The number of rotatable bonds is 4. The number of nitrogens with zero attached hydrogens (tertiary/aromatic N) is 2. The Kier molecular flexibility index (Phi) is 4.80. The number of carbonyl (C=O) groups excluding carboxylic acids is 1. The van der Waals surface area contributed by atoms with E-state index in [1.807, 2.05) is 19.1 Å². The molecule has 0 bridgehead atoms. The summed E-state index contributed by atoms with van der Waals surface area (Å²) in [5, 5.41) is 3.96. The number of carbonyl (C=O) groups is 1. The van der Waals surface area contributed by atoms with Crippen LogP contribution in [-0.2, 0) is 4.79 Å². The molecule has 1 saturated heterocycles. The van der Waals surface area contributed by atoms with Crippen molar-refractivity contribution in [3.8, 4) is 0 Å². The summed E-state index contributed by atoms with van der Waals surface area (Å²) in [6.07, 6.45) is 8.51. The van der Waals surface area contributed by atoms with Crippen LogP contribution in [0.15, 0.2) is 36.8 Å². The fraction of sp³-hybridized carbons (Fsp3) is 0.312. The van der Waals surface area contributed by atoms with Crippen LogP contribution in [0.4, 0.5) is 0 Å². The van der Waals surface area contributed by atoms with Gasteiger partial charge in [-0.2, -0.15) is 0 Å². The molecule has 0 saturated carbocycles. The Morgan fingerprint density at radius 2 is 2.13 bits per heavy atom.